The maximum absolute atomic E-state index is 13.0. The largest absolute Gasteiger partial charge is 0.351 e. The highest BCUT2D eigenvalue weighted by atomic mass is 32.1. The molecule has 0 spiro atoms. The van der Waals surface area contributed by atoms with Gasteiger partial charge in [-0.15, -0.1) is 0 Å². The van der Waals surface area contributed by atoms with Gasteiger partial charge in [-0.3, -0.25) is 4.79 Å². The van der Waals surface area contributed by atoms with Crippen molar-refractivity contribution in [3.8, 4) is 0 Å². The summed E-state index contributed by atoms with van der Waals surface area (Å²) in [4.78, 5) is 11.9. The van der Waals surface area contributed by atoms with Gasteiger partial charge in [-0.1, -0.05) is 19.9 Å². The fourth-order valence-electron chi connectivity index (χ4n) is 1.78. The van der Waals surface area contributed by atoms with Crippen LogP contribution >= 0.6 is 11.3 Å². The molecule has 4 heteroatoms. The zero-order chi connectivity index (χ0) is 13.9. The van der Waals surface area contributed by atoms with Gasteiger partial charge in [0.1, 0.15) is 5.82 Å². The number of hydrogen-bond acceptors (Lipinski definition) is 2. The molecule has 2 rings (SSSR count). The number of amides is 1. The third kappa shape index (κ3) is 3.41. The van der Waals surface area contributed by atoms with Gasteiger partial charge in [0.15, 0.2) is 0 Å². The Balaban J connectivity index is 2.01. The first kappa shape index (κ1) is 13.7. The second-order valence-electron chi connectivity index (χ2n) is 5.09. The Morgan fingerprint density at radius 3 is 2.79 bits per heavy atom. The van der Waals surface area contributed by atoms with E-state index in [1.807, 2.05) is 5.38 Å². The smallest absolute Gasteiger partial charge is 0.251 e. The molecule has 0 fully saturated rings. The van der Waals surface area contributed by atoms with Gasteiger partial charge in [0.05, 0.1) is 0 Å². The van der Waals surface area contributed by atoms with Crippen molar-refractivity contribution in [3.05, 3.63) is 58.0 Å². The maximum Gasteiger partial charge on any atom is 0.251 e. The zero-order valence-electron chi connectivity index (χ0n) is 10.9. The van der Waals surface area contributed by atoms with Crippen molar-refractivity contribution in [3.63, 3.8) is 0 Å². The molecule has 0 aliphatic rings. The van der Waals surface area contributed by atoms with Crippen LogP contribution in [0.4, 0.5) is 4.39 Å². The molecule has 0 radical (unpaired) electrons. The Bertz CT molecular complexity index is 563. The second kappa shape index (κ2) is 5.53. The minimum Gasteiger partial charge on any atom is -0.351 e. The molecule has 2 aromatic rings. The topological polar surface area (TPSA) is 29.1 Å². The molecule has 1 heterocycles. The van der Waals surface area contributed by atoms with Gasteiger partial charge < -0.3 is 5.32 Å². The first-order valence-corrected chi connectivity index (χ1v) is 7.00. The van der Waals surface area contributed by atoms with E-state index in [9.17, 15) is 9.18 Å². The van der Waals surface area contributed by atoms with E-state index in [4.69, 9.17) is 0 Å². The fourth-order valence-corrected chi connectivity index (χ4v) is 2.63. The Morgan fingerprint density at radius 1 is 1.37 bits per heavy atom. The van der Waals surface area contributed by atoms with Crippen molar-refractivity contribution in [2.45, 2.75) is 19.3 Å². The average molecular weight is 277 g/mol. The molecular formula is C15H16FNOS. The van der Waals surface area contributed by atoms with Crippen LogP contribution in [0.5, 0.6) is 0 Å². The summed E-state index contributed by atoms with van der Waals surface area (Å²) in [6.07, 6.45) is 0. The number of nitrogens with one attached hydrogen (secondary N) is 1. The van der Waals surface area contributed by atoms with Crippen molar-refractivity contribution in [2.24, 2.45) is 0 Å². The lowest BCUT2D eigenvalue weighted by molar-refractivity contribution is 0.0945. The fraction of sp³-hybridized carbons (Fsp3) is 0.267. The quantitative estimate of drug-likeness (QED) is 0.909. The van der Waals surface area contributed by atoms with Crippen LogP contribution in [0.25, 0.3) is 0 Å². The van der Waals surface area contributed by atoms with E-state index in [2.05, 4.69) is 30.6 Å². The predicted octanol–water partition coefficient (Wildman–Crippen LogP) is 3.59. The molecule has 0 atom stereocenters. The molecule has 0 unspecified atom stereocenters. The van der Waals surface area contributed by atoms with Gasteiger partial charge in [-0.2, -0.15) is 11.3 Å². The Labute approximate surface area is 116 Å². The molecule has 0 aliphatic carbocycles. The lowest BCUT2D eigenvalue weighted by Crippen LogP contribution is -2.36. The minimum atomic E-state index is -0.398. The van der Waals surface area contributed by atoms with Gasteiger partial charge in [-0.05, 0) is 40.6 Å². The van der Waals surface area contributed by atoms with Crippen molar-refractivity contribution >= 4 is 17.2 Å². The minimum absolute atomic E-state index is 0.136. The van der Waals surface area contributed by atoms with E-state index in [0.29, 0.717) is 12.1 Å². The summed E-state index contributed by atoms with van der Waals surface area (Å²) < 4.78 is 13.0. The van der Waals surface area contributed by atoms with Crippen molar-refractivity contribution < 1.29 is 9.18 Å². The number of hydrogen-bond donors (Lipinski definition) is 1. The van der Waals surface area contributed by atoms with Crippen LogP contribution < -0.4 is 5.32 Å². The SMILES string of the molecule is CC(C)(CNC(=O)c1cccc(F)c1)c1ccsc1. The van der Waals surface area contributed by atoms with Crippen LogP contribution in [0.15, 0.2) is 41.1 Å². The average Bonchev–Trinajstić information content (AvgIpc) is 2.90. The number of thiophene rings is 1. The van der Waals surface area contributed by atoms with E-state index >= 15 is 0 Å². The van der Waals surface area contributed by atoms with Crippen molar-refractivity contribution in [2.75, 3.05) is 6.54 Å². The molecule has 1 aromatic carbocycles. The molecule has 2 nitrogen and oxygen atoms in total. The highest BCUT2D eigenvalue weighted by molar-refractivity contribution is 7.08. The highest BCUT2D eigenvalue weighted by Gasteiger charge is 2.22. The Morgan fingerprint density at radius 2 is 2.16 bits per heavy atom. The summed E-state index contributed by atoms with van der Waals surface area (Å²) in [5, 5.41) is 6.95. The molecule has 1 aromatic heterocycles. The summed E-state index contributed by atoms with van der Waals surface area (Å²) in [5.41, 5.74) is 1.40. The second-order valence-corrected chi connectivity index (χ2v) is 5.87. The third-order valence-corrected chi connectivity index (χ3v) is 3.76. The van der Waals surface area contributed by atoms with Gasteiger partial charge in [0, 0.05) is 17.5 Å². The lowest BCUT2D eigenvalue weighted by Gasteiger charge is -2.24. The van der Waals surface area contributed by atoms with Crippen LogP contribution in [-0.4, -0.2) is 12.5 Å². The van der Waals surface area contributed by atoms with Crippen LogP contribution in [0.1, 0.15) is 29.8 Å². The van der Waals surface area contributed by atoms with Crippen LogP contribution in [0, 0.1) is 5.82 Å². The molecule has 0 saturated heterocycles. The van der Waals surface area contributed by atoms with Crippen molar-refractivity contribution in [1.82, 2.24) is 5.32 Å². The normalized spacial score (nSPS) is 11.3. The molecule has 0 saturated carbocycles. The van der Waals surface area contributed by atoms with E-state index in [-0.39, 0.29) is 11.3 Å². The predicted molar refractivity (Wildman–Crippen MR) is 76.1 cm³/mol. The zero-order valence-corrected chi connectivity index (χ0v) is 11.8. The maximum atomic E-state index is 13.0. The summed E-state index contributed by atoms with van der Waals surface area (Å²) in [5.74, 6) is -0.646. The summed E-state index contributed by atoms with van der Waals surface area (Å²) in [6, 6.07) is 7.77. The van der Waals surface area contributed by atoms with Crippen LogP contribution in [0.3, 0.4) is 0 Å². The van der Waals surface area contributed by atoms with E-state index in [0.717, 1.165) is 0 Å². The molecule has 0 aliphatic heterocycles. The summed E-state index contributed by atoms with van der Waals surface area (Å²) in [6.45, 7) is 4.65. The summed E-state index contributed by atoms with van der Waals surface area (Å²) in [7, 11) is 0. The lowest BCUT2D eigenvalue weighted by atomic mass is 9.86. The monoisotopic (exact) mass is 277 g/mol. The molecule has 100 valence electrons. The standard InChI is InChI=1S/C15H16FNOS/c1-15(2,12-6-7-19-9-12)10-17-14(18)11-4-3-5-13(16)8-11/h3-9H,10H2,1-2H3,(H,17,18). The van der Waals surface area contributed by atoms with Gasteiger partial charge in [0.2, 0.25) is 0 Å². The van der Waals surface area contributed by atoms with Crippen molar-refractivity contribution in [1.29, 1.82) is 0 Å². The number of rotatable bonds is 4. The van der Waals surface area contributed by atoms with E-state index < -0.39 is 5.82 Å². The Kier molecular flexibility index (Phi) is 4.00. The number of halogens is 1. The van der Waals surface area contributed by atoms with Crippen LogP contribution in [0.2, 0.25) is 0 Å². The molecule has 1 N–H and O–H groups in total. The molecule has 1 amide bonds. The first-order valence-electron chi connectivity index (χ1n) is 6.05. The van der Waals surface area contributed by atoms with E-state index in [1.165, 1.54) is 23.8 Å². The molecule has 0 bridgehead atoms. The number of benzene rings is 1. The van der Waals surface area contributed by atoms with Gasteiger partial charge in [0.25, 0.3) is 5.91 Å². The molecule has 19 heavy (non-hydrogen) atoms. The van der Waals surface area contributed by atoms with Gasteiger partial charge in [-0.25, -0.2) is 4.39 Å². The first-order chi connectivity index (χ1) is 8.99. The van der Waals surface area contributed by atoms with Crippen LogP contribution in [-0.2, 0) is 5.41 Å². The molecular weight excluding hydrogens is 261 g/mol. The third-order valence-electron chi connectivity index (χ3n) is 3.08. The number of carbonyl (C=O) groups is 1. The highest BCUT2D eigenvalue weighted by Crippen LogP contribution is 2.24. The number of carbonyl (C=O) groups excluding carboxylic acids is 1. The van der Waals surface area contributed by atoms with Gasteiger partial charge >= 0.3 is 0 Å². The Hall–Kier alpha value is -1.68. The summed E-state index contributed by atoms with van der Waals surface area (Å²) >= 11 is 1.64. The van der Waals surface area contributed by atoms with E-state index in [1.54, 1.807) is 17.4 Å².